The second-order valence-electron chi connectivity index (χ2n) is 15.2. The highest BCUT2D eigenvalue weighted by Crippen LogP contribution is 2.58. The first kappa shape index (κ1) is 36.3. The Balaban J connectivity index is 1.13. The molecule has 8 nitrogen and oxygen atoms in total. The highest BCUT2D eigenvalue weighted by atomic mass is 16.5. The van der Waals surface area contributed by atoms with Gasteiger partial charge in [-0.25, -0.2) is 4.79 Å². The van der Waals surface area contributed by atoms with Crippen molar-refractivity contribution in [3.05, 3.63) is 137 Å². The highest BCUT2D eigenvalue weighted by molar-refractivity contribution is 6.09. The van der Waals surface area contributed by atoms with Gasteiger partial charge in [0.25, 0.3) is 0 Å². The van der Waals surface area contributed by atoms with Crippen LogP contribution in [0, 0.1) is 0 Å². The molecule has 1 atom stereocenters. The quantitative estimate of drug-likeness (QED) is 0.114. The van der Waals surface area contributed by atoms with Gasteiger partial charge < -0.3 is 34.1 Å². The van der Waals surface area contributed by atoms with Crippen molar-refractivity contribution in [2.45, 2.75) is 31.8 Å². The van der Waals surface area contributed by atoms with Gasteiger partial charge in [0, 0.05) is 65.9 Å². The van der Waals surface area contributed by atoms with E-state index in [1.165, 1.54) is 22.3 Å². The van der Waals surface area contributed by atoms with Gasteiger partial charge in [0.1, 0.15) is 17.2 Å². The van der Waals surface area contributed by atoms with E-state index in [1.807, 2.05) is 24.0 Å². The van der Waals surface area contributed by atoms with Crippen molar-refractivity contribution in [2.75, 3.05) is 65.1 Å². The number of benzene rings is 5. The molecule has 0 aromatic heterocycles. The Bertz CT molecular complexity index is 2290. The van der Waals surface area contributed by atoms with Crippen LogP contribution in [-0.2, 0) is 15.8 Å². The van der Waals surface area contributed by atoms with Crippen LogP contribution in [0.5, 0.6) is 17.2 Å². The summed E-state index contributed by atoms with van der Waals surface area (Å²) in [7, 11) is 3.43. The molecule has 0 saturated carbocycles. The molecule has 1 aliphatic carbocycles. The zero-order chi connectivity index (χ0) is 38.3. The summed E-state index contributed by atoms with van der Waals surface area (Å²) in [6.45, 7) is 14.6. The number of urea groups is 1. The molecule has 5 aromatic rings. The van der Waals surface area contributed by atoms with Gasteiger partial charge in [-0.2, -0.15) is 0 Å². The first-order valence-corrected chi connectivity index (χ1v) is 19.1. The molecular formula is C47H49N3O5. The lowest BCUT2D eigenvalue weighted by atomic mass is 9.76. The average Bonchev–Trinajstić information content (AvgIpc) is 3.46. The minimum absolute atomic E-state index is 0.0528. The van der Waals surface area contributed by atoms with Crippen molar-refractivity contribution < 1.29 is 23.7 Å². The maximum Gasteiger partial charge on any atom is 0.317 e. The maximum absolute atomic E-state index is 12.8. The lowest BCUT2D eigenvalue weighted by molar-refractivity contribution is 0.152. The molecule has 1 saturated heterocycles. The molecule has 2 amide bonds. The molecule has 8 rings (SSSR count). The van der Waals surface area contributed by atoms with Crippen LogP contribution >= 0.6 is 0 Å². The van der Waals surface area contributed by atoms with Crippen molar-refractivity contribution in [2.24, 2.45) is 0 Å². The van der Waals surface area contributed by atoms with Crippen LogP contribution in [0.3, 0.4) is 0 Å². The summed E-state index contributed by atoms with van der Waals surface area (Å²) in [5, 5.41) is 5.11. The van der Waals surface area contributed by atoms with Gasteiger partial charge in [0.2, 0.25) is 0 Å². The molecule has 0 spiro atoms. The number of methoxy groups -OCH3 is 2. The lowest BCUT2D eigenvalue weighted by Gasteiger charge is -2.39. The van der Waals surface area contributed by atoms with E-state index in [4.69, 9.17) is 18.9 Å². The predicted octanol–water partition coefficient (Wildman–Crippen LogP) is 8.94. The number of amides is 2. The van der Waals surface area contributed by atoms with E-state index in [1.54, 1.807) is 14.2 Å². The number of nitrogens with zero attached hydrogens (tertiary/aromatic N) is 2. The molecule has 3 aliphatic rings. The Morgan fingerprint density at radius 2 is 1.55 bits per heavy atom. The van der Waals surface area contributed by atoms with Crippen LogP contribution in [0.15, 0.2) is 109 Å². The molecule has 2 aliphatic heterocycles. The number of anilines is 1. The first-order valence-electron chi connectivity index (χ1n) is 19.1. The molecule has 1 N–H and O–H groups in total. The fourth-order valence-electron chi connectivity index (χ4n) is 8.54. The van der Waals surface area contributed by atoms with Gasteiger partial charge in [0.15, 0.2) is 5.60 Å². The summed E-state index contributed by atoms with van der Waals surface area (Å²) in [5.41, 5.74) is 8.98. The number of piperazine rings is 1. The molecule has 0 bridgehead atoms. The summed E-state index contributed by atoms with van der Waals surface area (Å²) in [6, 6.07) is 31.9. The van der Waals surface area contributed by atoms with Gasteiger partial charge in [-0.3, -0.25) is 0 Å². The summed E-state index contributed by atoms with van der Waals surface area (Å²) in [6.07, 6.45) is 4.51. The van der Waals surface area contributed by atoms with E-state index in [9.17, 15) is 4.79 Å². The largest absolute Gasteiger partial charge is 0.497 e. The second kappa shape index (κ2) is 14.5. The maximum atomic E-state index is 12.8. The van der Waals surface area contributed by atoms with E-state index in [2.05, 4.69) is 122 Å². The Kier molecular flexibility index (Phi) is 9.55. The second-order valence-corrected chi connectivity index (χ2v) is 15.2. The van der Waals surface area contributed by atoms with Gasteiger partial charge in [0.05, 0.1) is 27.4 Å². The van der Waals surface area contributed by atoms with Crippen LogP contribution < -0.4 is 24.4 Å². The summed E-state index contributed by atoms with van der Waals surface area (Å²) in [5.74, 6) is 2.47. The third-order valence-corrected chi connectivity index (χ3v) is 11.3. The minimum Gasteiger partial charge on any atom is -0.497 e. The monoisotopic (exact) mass is 735 g/mol. The van der Waals surface area contributed by atoms with Crippen molar-refractivity contribution in [3.63, 3.8) is 0 Å². The topological polar surface area (TPSA) is 72.5 Å². The first-order chi connectivity index (χ1) is 26.6. The van der Waals surface area contributed by atoms with E-state index in [0.29, 0.717) is 32.8 Å². The molecule has 0 radical (unpaired) electrons. The third-order valence-electron chi connectivity index (χ3n) is 11.3. The molecular weight excluding hydrogens is 687 g/mol. The van der Waals surface area contributed by atoms with E-state index >= 15 is 0 Å². The third kappa shape index (κ3) is 6.38. The van der Waals surface area contributed by atoms with E-state index in [0.717, 1.165) is 69.1 Å². The number of hydrogen-bond donors (Lipinski definition) is 1. The molecule has 282 valence electrons. The lowest BCUT2D eigenvalue weighted by Crippen LogP contribution is -2.52. The smallest absolute Gasteiger partial charge is 0.317 e. The molecule has 1 unspecified atom stereocenters. The van der Waals surface area contributed by atoms with Gasteiger partial charge in [-0.05, 0) is 83.1 Å². The van der Waals surface area contributed by atoms with Crippen LogP contribution in [0.1, 0.15) is 48.6 Å². The van der Waals surface area contributed by atoms with Crippen LogP contribution in [-0.4, -0.2) is 71.1 Å². The van der Waals surface area contributed by atoms with Crippen molar-refractivity contribution in [1.29, 1.82) is 0 Å². The number of carbonyl (C=O) groups excluding carboxylic acids is 1. The molecule has 55 heavy (non-hydrogen) atoms. The number of carbonyl (C=O) groups is 1. The minimum atomic E-state index is -0.888. The molecule has 8 heteroatoms. The summed E-state index contributed by atoms with van der Waals surface area (Å²) >= 11 is 0. The van der Waals surface area contributed by atoms with Crippen LogP contribution in [0.4, 0.5) is 10.5 Å². The standard InChI is InChI=1S/C47H49N3O5/c1-31(2)30-54-27-22-48-45(51)50-25-23-49(24-26-50)34-14-12-33(13-15-34)47(32-10-8-7-9-11-32)21-20-39-43-42(37-18-16-35(52-5)28-40(37)44(39)55-47)38-19-17-36(53-6)29-41(38)46(43,3)4/h7-21,28-29H,1,22-27,30H2,2-6H3,(H,48,51). The van der Waals surface area contributed by atoms with E-state index < -0.39 is 5.60 Å². The fourth-order valence-corrected chi connectivity index (χ4v) is 8.54. The Labute approximate surface area is 324 Å². The number of fused-ring (bicyclic) bond motifs is 8. The average molecular weight is 736 g/mol. The SMILES string of the molecule is C=C(C)COCCNC(=O)N1CCN(c2ccc(C3(c4ccccc4)C=Cc4c5c(c6ccc(OC)cc6c4O3)-c3ccc(OC)cc3C5(C)C)cc2)CC1. The van der Waals surface area contributed by atoms with Crippen molar-refractivity contribution in [1.82, 2.24) is 10.2 Å². The number of hydrogen-bond acceptors (Lipinski definition) is 6. The predicted molar refractivity (Wildman–Crippen MR) is 221 cm³/mol. The summed E-state index contributed by atoms with van der Waals surface area (Å²) in [4.78, 5) is 17.0. The highest BCUT2D eigenvalue weighted by Gasteiger charge is 2.44. The van der Waals surface area contributed by atoms with Gasteiger partial charge in [-0.15, -0.1) is 0 Å². The van der Waals surface area contributed by atoms with Crippen LogP contribution in [0.25, 0.3) is 28.0 Å². The number of nitrogens with one attached hydrogen (secondary N) is 1. The zero-order valence-electron chi connectivity index (χ0n) is 32.4. The van der Waals surface area contributed by atoms with Crippen LogP contribution in [0.2, 0.25) is 0 Å². The molecule has 1 fully saturated rings. The molecule has 5 aromatic carbocycles. The normalized spacial score (nSPS) is 17.9. The summed E-state index contributed by atoms with van der Waals surface area (Å²) < 4.78 is 24.5. The zero-order valence-corrected chi connectivity index (χ0v) is 32.4. The number of rotatable bonds is 10. The Hall–Kier alpha value is -5.73. The van der Waals surface area contributed by atoms with Gasteiger partial charge in [-0.1, -0.05) is 80.6 Å². The number of ether oxygens (including phenoxy) is 4. The Morgan fingerprint density at radius 3 is 2.25 bits per heavy atom. The van der Waals surface area contributed by atoms with E-state index in [-0.39, 0.29) is 11.4 Å². The fraction of sp³-hybridized carbons (Fsp3) is 0.298. The van der Waals surface area contributed by atoms with Crippen molar-refractivity contribution in [3.8, 4) is 28.4 Å². The molecule has 2 heterocycles. The Morgan fingerprint density at radius 1 is 0.855 bits per heavy atom. The van der Waals surface area contributed by atoms with Gasteiger partial charge >= 0.3 is 6.03 Å². The van der Waals surface area contributed by atoms with Crippen molar-refractivity contribution >= 4 is 28.6 Å².